The maximum atomic E-state index is 12.7. The van der Waals surface area contributed by atoms with E-state index >= 15 is 0 Å². The predicted molar refractivity (Wildman–Crippen MR) is 103 cm³/mol. The van der Waals surface area contributed by atoms with Gasteiger partial charge >= 0.3 is 0 Å². The summed E-state index contributed by atoms with van der Waals surface area (Å²) in [7, 11) is 0. The molecule has 1 N–H and O–H groups in total. The number of fused-ring (bicyclic) bond motifs is 1. The molecule has 142 valence electrons. The molecular weight excluding hydrogens is 358 g/mol. The molecular formula is C20H19N5O3. The molecule has 0 atom stereocenters. The predicted octanol–water partition coefficient (Wildman–Crippen LogP) is 1.97. The Morgan fingerprint density at radius 1 is 1.21 bits per heavy atom. The van der Waals surface area contributed by atoms with Gasteiger partial charge in [0.05, 0.1) is 25.5 Å². The molecule has 3 aromatic heterocycles. The molecule has 0 radical (unpaired) electrons. The van der Waals surface area contributed by atoms with Crippen LogP contribution in [-0.4, -0.2) is 31.8 Å². The Morgan fingerprint density at radius 3 is 2.79 bits per heavy atom. The second kappa shape index (κ2) is 7.51. The fourth-order valence-electron chi connectivity index (χ4n) is 2.93. The van der Waals surface area contributed by atoms with E-state index < -0.39 is 0 Å². The summed E-state index contributed by atoms with van der Waals surface area (Å²) in [5, 5.41) is 7.44. The Bertz CT molecular complexity index is 1160. The maximum absolute atomic E-state index is 12.7. The molecule has 8 heteroatoms. The Kier molecular flexibility index (Phi) is 4.76. The van der Waals surface area contributed by atoms with Gasteiger partial charge in [0.2, 0.25) is 0 Å². The van der Waals surface area contributed by atoms with Gasteiger partial charge in [0.1, 0.15) is 11.7 Å². The third-order valence-electron chi connectivity index (χ3n) is 4.45. The van der Waals surface area contributed by atoms with E-state index in [1.54, 1.807) is 21.4 Å². The smallest absolute Gasteiger partial charge is 0.287 e. The average molecular weight is 377 g/mol. The molecule has 0 spiro atoms. The van der Waals surface area contributed by atoms with E-state index in [1.165, 1.54) is 24.4 Å². The van der Waals surface area contributed by atoms with E-state index in [0.29, 0.717) is 30.7 Å². The molecule has 0 aliphatic rings. The van der Waals surface area contributed by atoms with Gasteiger partial charge in [0.15, 0.2) is 11.4 Å². The Labute approximate surface area is 160 Å². The zero-order valence-corrected chi connectivity index (χ0v) is 15.3. The molecule has 0 aliphatic carbocycles. The molecule has 0 bridgehead atoms. The quantitative estimate of drug-likeness (QED) is 0.554. The fourth-order valence-corrected chi connectivity index (χ4v) is 2.93. The van der Waals surface area contributed by atoms with E-state index in [9.17, 15) is 9.59 Å². The number of nitrogens with one attached hydrogen (secondary N) is 1. The minimum Gasteiger partial charge on any atom is -0.459 e. The molecule has 4 aromatic rings. The van der Waals surface area contributed by atoms with Crippen molar-refractivity contribution in [3.05, 3.63) is 82.4 Å². The van der Waals surface area contributed by atoms with Gasteiger partial charge < -0.3 is 9.73 Å². The Hall–Kier alpha value is -3.68. The van der Waals surface area contributed by atoms with Crippen molar-refractivity contribution in [1.29, 1.82) is 0 Å². The third-order valence-corrected chi connectivity index (χ3v) is 4.45. The van der Waals surface area contributed by atoms with Crippen LogP contribution < -0.4 is 10.9 Å². The van der Waals surface area contributed by atoms with Crippen molar-refractivity contribution in [3.63, 3.8) is 0 Å². The zero-order valence-electron chi connectivity index (χ0n) is 15.3. The minimum absolute atomic E-state index is 0.142. The van der Waals surface area contributed by atoms with Crippen LogP contribution in [0.3, 0.4) is 0 Å². The number of rotatable bonds is 6. The summed E-state index contributed by atoms with van der Waals surface area (Å²) in [6, 6.07) is 11.3. The number of benzene rings is 1. The molecule has 0 fully saturated rings. The van der Waals surface area contributed by atoms with Crippen molar-refractivity contribution in [2.75, 3.05) is 6.54 Å². The van der Waals surface area contributed by atoms with Crippen molar-refractivity contribution in [3.8, 4) is 0 Å². The van der Waals surface area contributed by atoms with Gasteiger partial charge in [-0.25, -0.2) is 9.67 Å². The first-order valence-corrected chi connectivity index (χ1v) is 8.90. The number of carbonyl (C=O) groups excluding carboxylic acids is 1. The molecule has 0 saturated heterocycles. The summed E-state index contributed by atoms with van der Waals surface area (Å²) in [5.41, 5.74) is 2.56. The highest BCUT2D eigenvalue weighted by Gasteiger charge is 2.12. The maximum Gasteiger partial charge on any atom is 0.287 e. The molecule has 28 heavy (non-hydrogen) atoms. The van der Waals surface area contributed by atoms with Crippen LogP contribution in [0.25, 0.3) is 11.0 Å². The Morgan fingerprint density at radius 2 is 2.04 bits per heavy atom. The summed E-state index contributed by atoms with van der Waals surface area (Å²) in [5.74, 6) is -0.0442. The molecule has 0 unspecified atom stereocenters. The van der Waals surface area contributed by atoms with Crippen LogP contribution in [0, 0.1) is 6.92 Å². The number of aromatic nitrogens is 4. The number of amides is 1. The van der Waals surface area contributed by atoms with Crippen LogP contribution in [-0.2, 0) is 13.1 Å². The summed E-state index contributed by atoms with van der Waals surface area (Å²) in [4.78, 5) is 29.0. The van der Waals surface area contributed by atoms with Crippen LogP contribution in [0.5, 0.6) is 0 Å². The summed E-state index contributed by atoms with van der Waals surface area (Å²) in [6.45, 7) is 3.20. The lowest BCUT2D eigenvalue weighted by Gasteiger charge is -2.07. The van der Waals surface area contributed by atoms with Crippen LogP contribution in [0.15, 0.2) is 64.4 Å². The van der Waals surface area contributed by atoms with Crippen molar-refractivity contribution in [2.45, 2.75) is 20.0 Å². The van der Waals surface area contributed by atoms with Crippen LogP contribution in [0.2, 0.25) is 0 Å². The molecule has 1 aromatic carbocycles. The number of aryl methyl sites for hydroxylation is 1. The lowest BCUT2D eigenvalue weighted by Crippen LogP contribution is -2.27. The van der Waals surface area contributed by atoms with E-state index in [2.05, 4.69) is 15.4 Å². The molecule has 4 rings (SSSR count). The van der Waals surface area contributed by atoms with Crippen molar-refractivity contribution in [2.24, 2.45) is 0 Å². The summed E-state index contributed by atoms with van der Waals surface area (Å²) < 4.78 is 8.22. The van der Waals surface area contributed by atoms with E-state index in [0.717, 1.165) is 5.56 Å². The average Bonchev–Trinajstić information content (AvgIpc) is 3.36. The lowest BCUT2D eigenvalue weighted by atomic mass is 10.1. The van der Waals surface area contributed by atoms with Crippen molar-refractivity contribution < 1.29 is 9.21 Å². The molecule has 0 aliphatic heterocycles. The zero-order chi connectivity index (χ0) is 19.5. The highest BCUT2D eigenvalue weighted by atomic mass is 16.3. The monoisotopic (exact) mass is 377 g/mol. The Balaban J connectivity index is 1.47. The number of carbonyl (C=O) groups is 1. The second-order valence-corrected chi connectivity index (χ2v) is 6.50. The van der Waals surface area contributed by atoms with Gasteiger partial charge in [-0.05, 0) is 24.6 Å². The highest BCUT2D eigenvalue weighted by Crippen LogP contribution is 2.08. The van der Waals surface area contributed by atoms with Crippen LogP contribution >= 0.6 is 0 Å². The lowest BCUT2D eigenvalue weighted by molar-refractivity contribution is 0.0924. The minimum atomic E-state index is -0.296. The van der Waals surface area contributed by atoms with Gasteiger partial charge in [-0.3, -0.25) is 14.2 Å². The standard InChI is InChI=1S/C20H19N5O3/c1-14-4-6-15(7-5-14)12-24-13-22-18-16(20(24)27)11-23-25(18)9-8-21-19(26)17-3-2-10-28-17/h2-7,10-11,13H,8-9,12H2,1H3,(H,21,26). The normalized spacial score (nSPS) is 11.0. The number of hydrogen-bond acceptors (Lipinski definition) is 5. The first-order valence-electron chi connectivity index (χ1n) is 8.90. The molecule has 8 nitrogen and oxygen atoms in total. The summed E-state index contributed by atoms with van der Waals surface area (Å²) in [6.07, 6.45) is 4.50. The third kappa shape index (κ3) is 3.57. The van der Waals surface area contributed by atoms with Crippen molar-refractivity contribution >= 4 is 16.9 Å². The molecule has 3 heterocycles. The number of furan rings is 1. The van der Waals surface area contributed by atoms with Gasteiger partial charge in [-0.2, -0.15) is 5.10 Å². The largest absolute Gasteiger partial charge is 0.459 e. The van der Waals surface area contributed by atoms with E-state index in [-0.39, 0.29) is 17.2 Å². The van der Waals surface area contributed by atoms with E-state index in [1.807, 2.05) is 31.2 Å². The van der Waals surface area contributed by atoms with Gasteiger partial charge in [-0.1, -0.05) is 29.8 Å². The SMILES string of the molecule is Cc1ccc(Cn2cnc3c(cnn3CCNC(=O)c3ccco3)c2=O)cc1. The molecule has 1 amide bonds. The highest BCUT2D eigenvalue weighted by molar-refractivity contribution is 5.91. The molecule has 0 saturated carbocycles. The van der Waals surface area contributed by atoms with Gasteiger partial charge in [0, 0.05) is 6.54 Å². The van der Waals surface area contributed by atoms with E-state index in [4.69, 9.17) is 4.42 Å². The van der Waals surface area contributed by atoms with Crippen LogP contribution in [0.1, 0.15) is 21.7 Å². The number of hydrogen-bond donors (Lipinski definition) is 1. The van der Waals surface area contributed by atoms with Crippen LogP contribution in [0.4, 0.5) is 0 Å². The number of nitrogens with zero attached hydrogens (tertiary/aromatic N) is 4. The summed E-state index contributed by atoms with van der Waals surface area (Å²) >= 11 is 0. The topological polar surface area (TPSA) is 95.0 Å². The second-order valence-electron chi connectivity index (χ2n) is 6.50. The fraction of sp³-hybridized carbons (Fsp3) is 0.200. The first kappa shape index (κ1) is 17.7. The van der Waals surface area contributed by atoms with Crippen molar-refractivity contribution in [1.82, 2.24) is 24.6 Å². The first-order chi connectivity index (χ1) is 13.6. The van der Waals surface area contributed by atoms with Gasteiger partial charge in [0.25, 0.3) is 11.5 Å². The van der Waals surface area contributed by atoms with Gasteiger partial charge in [-0.15, -0.1) is 0 Å².